The van der Waals surface area contributed by atoms with E-state index in [4.69, 9.17) is 11.0 Å². The van der Waals surface area contributed by atoms with E-state index in [1.54, 1.807) is 0 Å². The lowest BCUT2D eigenvalue weighted by molar-refractivity contribution is -0.0209. The fraction of sp³-hybridized carbons (Fsp3) is 0.857. The average Bonchev–Trinajstić information content (AvgIpc) is 1.87. The first kappa shape index (κ1) is 7.52. The van der Waals surface area contributed by atoms with Crippen molar-refractivity contribution in [3.8, 4) is 6.07 Å². The summed E-state index contributed by atoms with van der Waals surface area (Å²) in [6.07, 6.45) is 3.25. The first-order chi connectivity index (χ1) is 4.67. The van der Waals surface area contributed by atoms with E-state index in [-0.39, 0.29) is 5.92 Å². The van der Waals surface area contributed by atoms with Gasteiger partial charge in [0.05, 0.1) is 12.0 Å². The first-order valence-electron chi connectivity index (χ1n) is 3.58. The van der Waals surface area contributed by atoms with Gasteiger partial charge in [-0.25, -0.2) is 0 Å². The van der Waals surface area contributed by atoms with E-state index in [1.165, 1.54) is 0 Å². The van der Waals surface area contributed by atoms with Crippen LogP contribution in [0.15, 0.2) is 0 Å². The maximum absolute atomic E-state index is 9.39. The van der Waals surface area contributed by atoms with E-state index in [0.29, 0.717) is 6.42 Å². The van der Waals surface area contributed by atoms with Crippen molar-refractivity contribution in [2.24, 2.45) is 11.7 Å². The molecule has 3 nitrogen and oxygen atoms in total. The summed E-state index contributed by atoms with van der Waals surface area (Å²) in [5.41, 5.74) is 4.25. The summed E-state index contributed by atoms with van der Waals surface area (Å²) in [5, 5.41) is 17.9. The van der Waals surface area contributed by atoms with E-state index in [1.807, 2.05) is 6.07 Å². The second-order valence-corrected chi connectivity index (χ2v) is 2.92. The highest BCUT2D eigenvalue weighted by Gasteiger charge is 2.34. The molecule has 2 unspecified atom stereocenters. The van der Waals surface area contributed by atoms with Crippen molar-refractivity contribution in [3.63, 3.8) is 0 Å². The van der Waals surface area contributed by atoms with Crippen molar-refractivity contribution in [3.05, 3.63) is 0 Å². The molecule has 1 rings (SSSR count). The standard InChI is InChI=1S/C7H12N2O/c8-5-6-3-1-2-4-7(6,9)10/h6,10H,1-4,9H2. The third-order valence-corrected chi connectivity index (χ3v) is 2.08. The summed E-state index contributed by atoms with van der Waals surface area (Å²) < 4.78 is 0. The maximum Gasteiger partial charge on any atom is 0.129 e. The van der Waals surface area contributed by atoms with Gasteiger partial charge >= 0.3 is 0 Å². The Bertz CT molecular complexity index is 159. The molecule has 0 aromatic rings. The molecular weight excluding hydrogens is 128 g/mol. The van der Waals surface area contributed by atoms with Gasteiger partial charge in [0, 0.05) is 0 Å². The molecule has 3 N–H and O–H groups in total. The third-order valence-electron chi connectivity index (χ3n) is 2.08. The SMILES string of the molecule is N#CC1CCCCC1(N)O. The molecule has 0 heterocycles. The van der Waals surface area contributed by atoms with Crippen molar-refractivity contribution >= 4 is 0 Å². The van der Waals surface area contributed by atoms with Gasteiger partial charge in [-0.2, -0.15) is 5.26 Å². The number of hydrogen-bond donors (Lipinski definition) is 2. The van der Waals surface area contributed by atoms with Gasteiger partial charge in [0.2, 0.25) is 0 Å². The number of nitrogens with two attached hydrogens (primary N) is 1. The molecule has 0 spiro atoms. The Morgan fingerprint density at radius 3 is 2.70 bits per heavy atom. The third kappa shape index (κ3) is 1.28. The second-order valence-electron chi connectivity index (χ2n) is 2.92. The molecule has 1 aliphatic rings. The van der Waals surface area contributed by atoms with Gasteiger partial charge in [-0.3, -0.25) is 0 Å². The summed E-state index contributed by atoms with van der Waals surface area (Å²) in [6.45, 7) is 0. The van der Waals surface area contributed by atoms with Gasteiger partial charge in [-0.05, 0) is 19.3 Å². The monoisotopic (exact) mass is 140 g/mol. The van der Waals surface area contributed by atoms with Crippen LogP contribution in [0.25, 0.3) is 0 Å². The number of nitriles is 1. The van der Waals surface area contributed by atoms with Crippen LogP contribution in [0.4, 0.5) is 0 Å². The summed E-state index contributed by atoms with van der Waals surface area (Å²) in [5.74, 6) is -0.360. The summed E-state index contributed by atoms with van der Waals surface area (Å²) in [7, 11) is 0. The van der Waals surface area contributed by atoms with Crippen molar-refractivity contribution in [2.75, 3.05) is 0 Å². The highest BCUT2D eigenvalue weighted by Crippen LogP contribution is 2.28. The van der Waals surface area contributed by atoms with Gasteiger partial charge in [0.1, 0.15) is 5.72 Å². The molecule has 1 aliphatic carbocycles. The Morgan fingerprint density at radius 2 is 2.30 bits per heavy atom. The Labute approximate surface area is 60.4 Å². The lowest BCUT2D eigenvalue weighted by Gasteiger charge is -2.31. The molecule has 0 saturated heterocycles. The van der Waals surface area contributed by atoms with Crippen molar-refractivity contribution in [2.45, 2.75) is 31.4 Å². The Hall–Kier alpha value is -0.590. The van der Waals surface area contributed by atoms with Gasteiger partial charge < -0.3 is 10.8 Å². The molecule has 1 saturated carbocycles. The zero-order valence-electron chi connectivity index (χ0n) is 5.88. The molecule has 2 atom stereocenters. The highest BCUT2D eigenvalue weighted by atomic mass is 16.3. The molecule has 3 heteroatoms. The van der Waals surface area contributed by atoms with E-state index in [2.05, 4.69) is 0 Å². The minimum atomic E-state index is -1.22. The van der Waals surface area contributed by atoms with Gasteiger partial charge in [-0.1, -0.05) is 6.42 Å². The van der Waals surface area contributed by atoms with Crippen LogP contribution >= 0.6 is 0 Å². The van der Waals surface area contributed by atoms with Crippen LogP contribution in [-0.2, 0) is 0 Å². The lowest BCUT2D eigenvalue weighted by Crippen LogP contribution is -2.48. The molecule has 0 bridgehead atoms. The minimum Gasteiger partial charge on any atom is -0.375 e. The first-order valence-corrected chi connectivity index (χ1v) is 3.58. The van der Waals surface area contributed by atoms with E-state index < -0.39 is 5.72 Å². The second kappa shape index (κ2) is 2.57. The van der Waals surface area contributed by atoms with E-state index >= 15 is 0 Å². The van der Waals surface area contributed by atoms with Gasteiger partial charge in [-0.15, -0.1) is 0 Å². The molecule has 0 aromatic heterocycles. The maximum atomic E-state index is 9.39. The Balaban J connectivity index is 2.62. The molecule has 0 aromatic carbocycles. The Morgan fingerprint density at radius 1 is 1.60 bits per heavy atom. The smallest absolute Gasteiger partial charge is 0.129 e. The number of aliphatic hydroxyl groups is 1. The van der Waals surface area contributed by atoms with Crippen LogP contribution in [-0.4, -0.2) is 10.8 Å². The van der Waals surface area contributed by atoms with E-state index in [0.717, 1.165) is 19.3 Å². The molecule has 1 fully saturated rings. The normalized spacial score (nSPS) is 40.7. The summed E-state index contributed by atoms with van der Waals surface area (Å²) in [6, 6.07) is 2.02. The summed E-state index contributed by atoms with van der Waals surface area (Å²) in [4.78, 5) is 0. The fourth-order valence-electron chi connectivity index (χ4n) is 1.36. The largest absolute Gasteiger partial charge is 0.375 e. The molecular formula is C7H12N2O. The van der Waals surface area contributed by atoms with Gasteiger partial charge in [0.15, 0.2) is 0 Å². The Kier molecular flexibility index (Phi) is 1.93. The topological polar surface area (TPSA) is 70.0 Å². The van der Waals surface area contributed by atoms with Crippen molar-refractivity contribution in [1.29, 1.82) is 5.26 Å². The highest BCUT2D eigenvalue weighted by molar-refractivity contribution is 4.97. The van der Waals surface area contributed by atoms with Crippen LogP contribution in [0.2, 0.25) is 0 Å². The molecule has 10 heavy (non-hydrogen) atoms. The zero-order chi connectivity index (χ0) is 7.61. The van der Waals surface area contributed by atoms with E-state index in [9.17, 15) is 5.11 Å². The number of hydrogen-bond acceptors (Lipinski definition) is 3. The zero-order valence-corrected chi connectivity index (χ0v) is 5.88. The number of rotatable bonds is 0. The molecule has 0 radical (unpaired) electrons. The molecule has 0 amide bonds. The van der Waals surface area contributed by atoms with Crippen LogP contribution in [0.3, 0.4) is 0 Å². The summed E-state index contributed by atoms with van der Waals surface area (Å²) >= 11 is 0. The van der Waals surface area contributed by atoms with Crippen LogP contribution in [0.1, 0.15) is 25.7 Å². The minimum absolute atomic E-state index is 0.360. The quantitative estimate of drug-likeness (QED) is 0.477. The predicted molar refractivity (Wildman–Crippen MR) is 36.7 cm³/mol. The van der Waals surface area contributed by atoms with Gasteiger partial charge in [0.25, 0.3) is 0 Å². The van der Waals surface area contributed by atoms with Crippen LogP contribution in [0.5, 0.6) is 0 Å². The van der Waals surface area contributed by atoms with Crippen LogP contribution in [0, 0.1) is 17.2 Å². The molecule has 56 valence electrons. The van der Waals surface area contributed by atoms with Crippen LogP contribution < -0.4 is 5.73 Å². The molecule has 0 aliphatic heterocycles. The fourth-order valence-corrected chi connectivity index (χ4v) is 1.36. The lowest BCUT2D eigenvalue weighted by atomic mass is 9.83. The van der Waals surface area contributed by atoms with Crippen molar-refractivity contribution in [1.82, 2.24) is 0 Å². The number of nitrogens with zero attached hydrogens (tertiary/aromatic N) is 1. The predicted octanol–water partition coefficient (Wildman–Crippen LogP) is 0.347. The van der Waals surface area contributed by atoms with Crippen molar-refractivity contribution < 1.29 is 5.11 Å². The average molecular weight is 140 g/mol.